The summed E-state index contributed by atoms with van der Waals surface area (Å²) < 4.78 is 0. The maximum atomic E-state index is 2.46. The Morgan fingerprint density at radius 1 is 1.27 bits per heavy atom. The Bertz CT molecular complexity index is 200. The predicted molar refractivity (Wildman–Crippen MR) is 48.3 cm³/mol. The van der Waals surface area contributed by atoms with Crippen LogP contribution < -0.4 is 0 Å². The Morgan fingerprint density at radius 3 is 2.82 bits per heavy atom. The van der Waals surface area contributed by atoms with Gasteiger partial charge in [-0.05, 0) is 37.0 Å². The van der Waals surface area contributed by atoms with E-state index in [0.717, 1.165) is 5.92 Å². The van der Waals surface area contributed by atoms with E-state index in [2.05, 4.69) is 31.2 Å². The van der Waals surface area contributed by atoms with Crippen molar-refractivity contribution in [1.29, 1.82) is 0 Å². The molecule has 0 aliphatic heterocycles. The molecule has 0 fully saturated rings. The third-order valence-corrected chi connectivity index (χ3v) is 3.43. The van der Waals surface area contributed by atoms with Crippen LogP contribution in [0.4, 0.5) is 0 Å². The zero-order valence-electron chi connectivity index (χ0n) is 7.22. The fourth-order valence-corrected chi connectivity index (χ4v) is 2.52. The summed E-state index contributed by atoms with van der Waals surface area (Å²) in [6.45, 7) is 2.32. The lowest BCUT2D eigenvalue weighted by molar-refractivity contribution is 0.233. The van der Waals surface area contributed by atoms with Crippen LogP contribution in [-0.2, 0) is 0 Å². The van der Waals surface area contributed by atoms with Crippen LogP contribution in [0, 0.1) is 11.3 Å². The second-order valence-corrected chi connectivity index (χ2v) is 3.83. The lowest BCUT2D eigenvalue weighted by Gasteiger charge is -2.35. The third-order valence-electron chi connectivity index (χ3n) is 3.43. The molecule has 0 heteroatoms. The van der Waals surface area contributed by atoms with Crippen LogP contribution in [0.15, 0.2) is 24.3 Å². The van der Waals surface area contributed by atoms with E-state index in [1.807, 2.05) is 0 Å². The lowest BCUT2D eigenvalue weighted by Crippen LogP contribution is -2.25. The number of allylic oxidation sites excluding steroid dienone is 4. The van der Waals surface area contributed by atoms with Crippen molar-refractivity contribution in [2.75, 3.05) is 0 Å². The number of hydrogen-bond acceptors (Lipinski definition) is 0. The molecular weight excluding hydrogens is 132 g/mol. The van der Waals surface area contributed by atoms with Crippen molar-refractivity contribution < 1.29 is 0 Å². The maximum Gasteiger partial charge on any atom is -0.00523 e. The quantitative estimate of drug-likeness (QED) is 0.500. The molecule has 0 nitrogen and oxygen atoms in total. The highest BCUT2D eigenvalue weighted by molar-refractivity contribution is 5.17. The van der Waals surface area contributed by atoms with Gasteiger partial charge in [0, 0.05) is 0 Å². The molecule has 2 unspecified atom stereocenters. The van der Waals surface area contributed by atoms with E-state index in [0.29, 0.717) is 5.41 Å². The molecular formula is C11H16. The summed E-state index contributed by atoms with van der Waals surface area (Å²) in [5, 5.41) is 0. The van der Waals surface area contributed by atoms with E-state index in [1.165, 1.54) is 25.7 Å². The molecule has 2 rings (SSSR count). The van der Waals surface area contributed by atoms with E-state index >= 15 is 0 Å². The van der Waals surface area contributed by atoms with Gasteiger partial charge < -0.3 is 0 Å². The molecule has 0 N–H and O–H groups in total. The third kappa shape index (κ3) is 0.962. The van der Waals surface area contributed by atoms with E-state index < -0.39 is 0 Å². The largest absolute Gasteiger partial charge is 0.0882 e. The number of fused-ring (bicyclic) bond motifs is 1. The molecule has 2 aliphatic rings. The predicted octanol–water partition coefficient (Wildman–Crippen LogP) is 3.31. The number of rotatable bonds is 1. The van der Waals surface area contributed by atoms with Crippen molar-refractivity contribution >= 4 is 0 Å². The van der Waals surface area contributed by atoms with E-state index in [-0.39, 0.29) is 0 Å². The van der Waals surface area contributed by atoms with Crippen molar-refractivity contribution in [1.82, 2.24) is 0 Å². The van der Waals surface area contributed by atoms with Crippen molar-refractivity contribution in [3.63, 3.8) is 0 Å². The first-order valence-electron chi connectivity index (χ1n) is 4.70. The SMILES string of the molecule is CCC12C=CCC1CC=CC2. The monoisotopic (exact) mass is 148 g/mol. The van der Waals surface area contributed by atoms with Gasteiger partial charge in [0.25, 0.3) is 0 Å². The van der Waals surface area contributed by atoms with Crippen molar-refractivity contribution in [2.45, 2.75) is 32.6 Å². The molecule has 11 heavy (non-hydrogen) atoms. The molecule has 0 aromatic heterocycles. The first kappa shape index (κ1) is 7.15. The fourth-order valence-electron chi connectivity index (χ4n) is 2.52. The summed E-state index contributed by atoms with van der Waals surface area (Å²) in [7, 11) is 0. The molecule has 0 bridgehead atoms. The van der Waals surface area contributed by atoms with Crippen molar-refractivity contribution in [3.05, 3.63) is 24.3 Å². The minimum Gasteiger partial charge on any atom is -0.0882 e. The van der Waals surface area contributed by atoms with Gasteiger partial charge in [0.1, 0.15) is 0 Å². The van der Waals surface area contributed by atoms with Crippen molar-refractivity contribution in [3.8, 4) is 0 Å². The molecule has 0 aromatic rings. The zero-order chi connectivity index (χ0) is 7.73. The highest BCUT2D eigenvalue weighted by Crippen LogP contribution is 2.48. The Kier molecular flexibility index (Phi) is 1.63. The average Bonchev–Trinajstić information content (AvgIpc) is 2.48. The van der Waals surface area contributed by atoms with Crippen LogP contribution in [0.2, 0.25) is 0 Å². The first-order valence-corrected chi connectivity index (χ1v) is 4.70. The molecule has 0 radical (unpaired) electrons. The summed E-state index contributed by atoms with van der Waals surface area (Å²) >= 11 is 0. The molecule has 0 saturated heterocycles. The molecule has 0 heterocycles. The van der Waals surface area contributed by atoms with E-state index in [9.17, 15) is 0 Å². The minimum atomic E-state index is 0.564. The topological polar surface area (TPSA) is 0 Å². The highest BCUT2D eigenvalue weighted by atomic mass is 14.4. The van der Waals surface area contributed by atoms with Gasteiger partial charge in [-0.15, -0.1) is 0 Å². The van der Waals surface area contributed by atoms with Crippen LogP contribution in [0.3, 0.4) is 0 Å². The smallest absolute Gasteiger partial charge is 0.00523 e. The normalized spacial score (nSPS) is 41.0. The Hall–Kier alpha value is -0.520. The lowest BCUT2D eigenvalue weighted by atomic mass is 9.69. The summed E-state index contributed by atoms with van der Waals surface area (Å²) in [5.74, 6) is 0.928. The average molecular weight is 148 g/mol. The van der Waals surface area contributed by atoms with Crippen LogP contribution in [0.25, 0.3) is 0 Å². The Labute approximate surface area is 69.0 Å². The molecule has 60 valence electrons. The van der Waals surface area contributed by atoms with Crippen LogP contribution in [-0.4, -0.2) is 0 Å². The van der Waals surface area contributed by atoms with Gasteiger partial charge in [0.15, 0.2) is 0 Å². The molecule has 0 spiro atoms. The van der Waals surface area contributed by atoms with Gasteiger partial charge in [-0.1, -0.05) is 31.2 Å². The summed E-state index contributed by atoms with van der Waals surface area (Å²) in [6.07, 6.45) is 14.8. The van der Waals surface area contributed by atoms with Gasteiger partial charge in [-0.2, -0.15) is 0 Å². The first-order chi connectivity index (χ1) is 5.37. The van der Waals surface area contributed by atoms with Crippen LogP contribution in [0.5, 0.6) is 0 Å². The van der Waals surface area contributed by atoms with Gasteiger partial charge in [0.05, 0.1) is 0 Å². The van der Waals surface area contributed by atoms with Gasteiger partial charge in [0.2, 0.25) is 0 Å². The van der Waals surface area contributed by atoms with E-state index in [1.54, 1.807) is 0 Å². The molecule has 0 amide bonds. The maximum absolute atomic E-state index is 2.46. The molecule has 0 saturated carbocycles. The number of hydrogen-bond donors (Lipinski definition) is 0. The Morgan fingerprint density at radius 2 is 2.09 bits per heavy atom. The van der Waals surface area contributed by atoms with Crippen LogP contribution >= 0.6 is 0 Å². The van der Waals surface area contributed by atoms with Crippen molar-refractivity contribution in [2.24, 2.45) is 11.3 Å². The summed E-state index contributed by atoms with van der Waals surface area (Å²) in [5.41, 5.74) is 0.564. The van der Waals surface area contributed by atoms with Gasteiger partial charge in [-0.25, -0.2) is 0 Å². The molecule has 2 aliphatic carbocycles. The second-order valence-electron chi connectivity index (χ2n) is 3.83. The fraction of sp³-hybridized carbons (Fsp3) is 0.636. The molecule has 0 aromatic carbocycles. The van der Waals surface area contributed by atoms with E-state index in [4.69, 9.17) is 0 Å². The second kappa shape index (κ2) is 2.51. The standard InChI is InChI=1S/C11H16/c1-2-11-8-4-3-6-10(11)7-5-9-11/h3-5,9-10H,2,6-8H2,1H3. The van der Waals surface area contributed by atoms with Gasteiger partial charge >= 0.3 is 0 Å². The zero-order valence-corrected chi connectivity index (χ0v) is 7.22. The Balaban J connectivity index is 2.25. The van der Waals surface area contributed by atoms with Crippen LogP contribution in [0.1, 0.15) is 32.6 Å². The summed E-state index contributed by atoms with van der Waals surface area (Å²) in [4.78, 5) is 0. The molecule has 2 atom stereocenters. The minimum absolute atomic E-state index is 0.564. The summed E-state index contributed by atoms with van der Waals surface area (Å²) in [6, 6.07) is 0. The van der Waals surface area contributed by atoms with Gasteiger partial charge in [-0.3, -0.25) is 0 Å². The highest BCUT2D eigenvalue weighted by Gasteiger charge is 2.37.